The number of aryl methyl sites for hydroxylation is 1. The molecule has 94 valence electrons. The third-order valence-corrected chi connectivity index (χ3v) is 1.95. The van der Waals surface area contributed by atoms with Crippen molar-refractivity contribution in [2.45, 2.75) is 6.92 Å². The van der Waals surface area contributed by atoms with Gasteiger partial charge >= 0.3 is 0 Å². The lowest BCUT2D eigenvalue weighted by Gasteiger charge is -2.05. The van der Waals surface area contributed by atoms with Crippen molar-refractivity contribution in [1.82, 2.24) is 10.9 Å². The van der Waals surface area contributed by atoms with Gasteiger partial charge in [-0.3, -0.25) is 20.4 Å². The topological polar surface area (TPSA) is 98.3 Å². The summed E-state index contributed by atoms with van der Waals surface area (Å²) in [5.41, 5.74) is 5.48. The Hall–Kier alpha value is -2.63. The zero-order valence-electron chi connectivity index (χ0n) is 9.60. The molecule has 0 saturated carbocycles. The number of carboxylic acids is 1. The highest BCUT2D eigenvalue weighted by atomic mass is 16.4. The quantitative estimate of drug-likeness (QED) is 0.532. The number of hydrogen-bond acceptors (Lipinski definition) is 4. The minimum atomic E-state index is -1.49. The van der Waals surface area contributed by atoms with E-state index in [1.54, 1.807) is 18.2 Å². The second-order valence-electron chi connectivity index (χ2n) is 3.47. The van der Waals surface area contributed by atoms with Crippen molar-refractivity contribution >= 4 is 17.8 Å². The van der Waals surface area contributed by atoms with E-state index >= 15 is 0 Å². The molecule has 0 radical (unpaired) electrons. The zero-order chi connectivity index (χ0) is 13.5. The SMILES string of the molecule is Cc1cccc(C(=O)NNC(=O)/C=C/C(=O)[O-])c1. The zero-order valence-corrected chi connectivity index (χ0v) is 9.60. The molecule has 1 aromatic carbocycles. The average molecular weight is 247 g/mol. The molecule has 18 heavy (non-hydrogen) atoms. The number of hydrazine groups is 1. The van der Waals surface area contributed by atoms with Gasteiger partial charge in [-0.15, -0.1) is 0 Å². The summed E-state index contributed by atoms with van der Waals surface area (Å²) in [6.07, 6.45) is 1.31. The first-order valence-corrected chi connectivity index (χ1v) is 5.05. The molecule has 0 aliphatic heterocycles. The molecular formula is C12H11N2O4-. The van der Waals surface area contributed by atoms with Gasteiger partial charge in [0.15, 0.2) is 0 Å². The van der Waals surface area contributed by atoms with Gasteiger partial charge < -0.3 is 9.90 Å². The maximum absolute atomic E-state index is 11.6. The summed E-state index contributed by atoms with van der Waals surface area (Å²) in [6.45, 7) is 1.83. The Bertz CT molecular complexity index is 509. The van der Waals surface area contributed by atoms with Crippen molar-refractivity contribution < 1.29 is 19.5 Å². The van der Waals surface area contributed by atoms with E-state index in [4.69, 9.17) is 0 Å². The number of amides is 2. The van der Waals surface area contributed by atoms with Crippen molar-refractivity contribution in [2.75, 3.05) is 0 Å². The van der Waals surface area contributed by atoms with E-state index in [9.17, 15) is 19.5 Å². The maximum Gasteiger partial charge on any atom is 0.269 e. The highest BCUT2D eigenvalue weighted by Crippen LogP contribution is 2.02. The van der Waals surface area contributed by atoms with Crippen molar-refractivity contribution in [2.24, 2.45) is 0 Å². The Balaban J connectivity index is 2.52. The van der Waals surface area contributed by atoms with Crippen LogP contribution in [-0.2, 0) is 9.59 Å². The Kier molecular flexibility index (Phi) is 4.62. The van der Waals surface area contributed by atoms with Gasteiger partial charge in [-0.05, 0) is 25.1 Å². The van der Waals surface area contributed by atoms with Gasteiger partial charge in [0.05, 0.1) is 5.97 Å². The molecule has 2 N–H and O–H groups in total. The summed E-state index contributed by atoms with van der Waals surface area (Å²) in [5, 5.41) is 10.0. The fourth-order valence-corrected chi connectivity index (χ4v) is 1.16. The molecule has 0 aliphatic carbocycles. The summed E-state index contributed by atoms with van der Waals surface area (Å²) in [6, 6.07) is 6.78. The highest BCUT2D eigenvalue weighted by Gasteiger charge is 2.05. The predicted octanol–water partition coefficient (Wildman–Crippen LogP) is -0.938. The lowest BCUT2D eigenvalue weighted by atomic mass is 10.1. The van der Waals surface area contributed by atoms with Crippen LogP contribution < -0.4 is 16.0 Å². The van der Waals surface area contributed by atoms with Gasteiger partial charge in [0.1, 0.15) is 0 Å². The number of rotatable bonds is 3. The first kappa shape index (κ1) is 13.4. The van der Waals surface area contributed by atoms with Gasteiger partial charge in [-0.2, -0.15) is 0 Å². The van der Waals surface area contributed by atoms with Crippen molar-refractivity contribution in [3.63, 3.8) is 0 Å². The largest absolute Gasteiger partial charge is 0.545 e. The van der Waals surface area contributed by atoms with Crippen LogP contribution in [0.3, 0.4) is 0 Å². The highest BCUT2D eigenvalue weighted by molar-refractivity contribution is 5.98. The van der Waals surface area contributed by atoms with E-state index in [2.05, 4.69) is 5.43 Å². The monoisotopic (exact) mass is 247 g/mol. The molecule has 0 bridgehead atoms. The van der Waals surface area contributed by atoms with E-state index in [1.165, 1.54) is 0 Å². The molecule has 0 atom stereocenters. The smallest absolute Gasteiger partial charge is 0.269 e. The number of carboxylic acid groups (broad SMARTS) is 1. The van der Waals surface area contributed by atoms with Crippen LogP contribution in [0.4, 0.5) is 0 Å². The molecule has 6 nitrogen and oxygen atoms in total. The summed E-state index contributed by atoms with van der Waals surface area (Å²) in [7, 11) is 0. The Morgan fingerprint density at radius 3 is 2.50 bits per heavy atom. The first-order valence-electron chi connectivity index (χ1n) is 5.05. The van der Waals surface area contributed by atoms with Crippen LogP contribution in [-0.4, -0.2) is 17.8 Å². The molecular weight excluding hydrogens is 236 g/mol. The van der Waals surface area contributed by atoms with Crippen LogP contribution in [0.5, 0.6) is 0 Å². The molecule has 6 heteroatoms. The summed E-state index contributed by atoms with van der Waals surface area (Å²) in [4.78, 5) is 32.6. The molecule has 2 amide bonds. The Labute approximate surface area is 103 Å². The standard InChI is InChI=1S/C12H12N2O4/c1-8-3-2-4-9(7-8)12(18)14-13-10(15)5-6-11(16)17/h2-7H,1H3,(H,13,15)(H,14,18)(H,16,17)/p-1/b6-5+. The first-order chi connectivity index (χ1) is 8.49. The minimum Gasteiger partial charge on any atom is -0.545 e. The van der Waals surface area contributed by atoms with Gasteiger partial charge in [-0.25, -0.2) is 0 Å². The van der Waals surface area contributed by atoms with Crippen molar-refractivity contribution in [1.29, 1.82) is 0 Å². The fourth-order valence-electron chi connectivity index (χ4n) is 1.16. The summed E-state index contributed by atoms with van der Waals surface area (Å²) in [5.74, 6) is -2.75. The number of carbonyl (C=O) groups is 3. The van der Waals surface area contributed by atoms with Crippen LogP contribution in [0.25, 0.3) is 0 Å². The van der Waals surface area contributed by atoms with Crippen molar-refractivity contribution in [3.05, 3.63) is 47.5 Å². The second kappa shape index (κ2) is 6.19. The number of nitrogens with one attached hydrogen (secondary N) is 2. The molecule has 0 saturated heterocycles. The van der Waals surface area contributed by atoms with E-state index in [0.29, 0.717) is 11.6 Å². The maximum atomic E-state index is 11.6. The molecule has 0 spiro atoms. The normalized spacial score (nSPS) is 10.1. The van der Waals surface area contributed by atoms with Crippen LogP contribution in [0, 0.1) is 6.92 Å². The Morgan fingerprint density at radius 1 is 1.17 bits per heavy atom. The van der Waals surface area contributed by atoms with E-state index in [-0.39, 0.29) is 0 Å². The van der Waals surface area contributed by atoms with Crippen LogP contribution in [0.2, 0.25) is 0 Å². The third kappa shape index (κ3) is 4.48. The number of aliphatic carboxylic acids is 1. The minimum absolute atomic E-state index is 0.388. The summed E-state index contributed by atoms with van der Waals surface area (Å²) >= 11 is 0. The van der Waals surface area contributed by atoms with Gasteiger partial charge in [-0.1, -0.05) is 17.7 Å². The van der Waals surface area contributed by atoms with Gasteiger partial charge in [0.25, 0.3) is 11.8 Å². The van der Waals surface area contributed by atoms with Crippen molar-refractivity contribution in [3.8, 4) is 0 Å². The number of hydrogen-bond donors (Lipinski definition) is 2. The number of carbonyl (C=O) groups excluding carboxylic acids is 3. The van der Waals surface area contributed by atoms with E-state index in [0.717, 1.165) is 11.6 Å². The van der Waals surface area contributed by atoms with Crippen LogP contribution in [0.15, 0.2) is 36.4 Å². The molecule has 0 aliphatic rings. The molecule has 0 fully saturated rings. The predicted molar refractivity (Wildman–Crippen MR) is 60.9 cm³/mol. The lowest BCUT2D eigenvalue weighted by molar-refractivity contribution is -0.297. The second-order valence-corrected chi connectivity index (χ2v) is 3.47. The lowest BCUT2D eigenvalue weighted by Crippen LogP contribution is -2.41. The van der Waals surface area contributed by atoms with Crippen LogP contribution >= 0.6 is 0 Å². The van der Waals surface area contributed by atoms with Gasteiger partial charge in [0.2, 0.25) is 0 Å². The average Bonchev–Trinajstić information content (AvgIpc) is 2.33. The van der Waals surface area contributed by atoms with Crippen LogP contribution in [0.1, 0.15) is 15.9 Å². The molecule has 1 aromatic rings. The Morgan fingerprint density at radius 2 is 1.89 bits per heavy atom. The third-order valence-electron chi connectivity index (χ3n) is 1.95. The number of benzene rings is 1. The van der Waals surface area contributed by atoms with E-state index < -0.39 is 17.8 Å². The molecule has 0 aromatic heterocycles. The molecule has 0 heterocycles. The molecule has 0 unspecified atom stereocenters. The van der Waals surface area contributed by atoms with E-state index in [1.807, 2.05) is 18.4 Å². The van der Waals surface area contributed by atoms with Gasteiger partial charge in [0, 0.05) is 11.6 Å². The fraction of sp³-hybridized carbons (Fsp3) is 0.0833. The molecule has 1 rings (SSSR count). The summed E-state index contributed by atoms with van der Waals surface area (Å²) < 4.78 is 0.